The first-order valence-electron chi connectivity index (χ1n) is 14.9. The van der Waals surface area contributed by atoms with Crippen LogP contribution >= 0.6 is 34.5 Å². The van der Waals surface area contributed by atoms with Gasteiger partial charge in [0.25, 0.3) is 0 Å². The number of anilines is 1. The topological polar surface area (TPSA) is 40.6 Å². The summed E-state index contributed by atoms with van der Waals surface area (Å²) in [5.41, 5.74) is 4.70. The number of hydrogen-bond acceptors (Lipinski definition) is 6. The summed E-state index contributed by atoms with van der Waals surface area (Å²) in [5, 5.41) is 8.17. The molecule has 1 aliphatic heterocycles. The minimum absolute atomic E-state index is 0.596. The Morgan fingerprint density at radius 2 is 1.74 bits per heavy atom. The molecular weight excluding hydrogens is 583 g/mol. The maximum absolute atomic E-state index is 6.17. The van der Waals surface area contributed by atoms with Gasteiger partial charge in [0.05, 0.1) is 22.3 Å². The lowest BCUT2D eigenvalue weighted by Crippen LogP contribution is -2.42. The van der Waals surface area contributed by atoms with Crippen molar-refractivity contribution >= 4 is 39.7 Å². The molecule has 1 aromatic heterocycles. The second-order valence-electron chi connectivity index (χ2n) is 11.0. The van der Waals surface area contributed by atoms with Crippen molar-refractivity contribution in [1.29, 1.82) is 0 Å². The molecule has 3 aromatic carbocycles. The van der Waals surface area contributed by atoms with E-state index < -0.39 is 0 Å². The van der Waals surface area contributed by atoms with Crippen molar-refractivity contribution in [3.63, 3.8) is 0 Å². The maximum atomic E-state index is 6.17. The highest BCUT2D eigenvalue weighted by Gasteiger charge is 2.19. The molecule has 1 saturated heterocycles. The maximum Gasteiger partial charge on any atom is 0.185 e. The summed E-state index contributed by atoms with van der Waals surface area (Å²) in [6, 6.07) is 25.4. The van der Waals surface area contributed by atoms with Crippen molar-refractivity contribution < 1.29 is 4.74 Å². The predicted octanol–water partition coefficient (Wildman–Crippen LogP) is 8.21. The zero-order chi connectivity index (χ0) is 29.1. The van der Waals surface area contributed by atoms with Gasteiger partial charge in [0.1, 0.15) is 5.75 Å². The summed E-state index contributed by atoms with van der Waals surface area (Å²) in [5.74, 6) is 0.913. The van der Waals surface area contributed by atoms with Crippen molar-refractivity contribution in [1.82, 2.24) is 15.2 Å². The smallest absolute Gasteiger partial charge is 0.185 e. The van der Waals surface area contributed by atoms with Crippen LogP contribution in [0.3, 0.4) is 0 Å². The number of unbranched alkanes of at least 4 members (excludes halogenated alkanes) is 1. The van der Waals surface area contributed by atoms with E-state index in [4.69, 9.17) is 32.9 Å². The van der Waals surface area contributed by atoms with E-state index in [0.717, 1.165) is 80.7 Å². The summed E-state index contributed by atoms with van der Waals surface area (Å²) in [6.07, 6.45) is 5.51. The van der Waals surface area contributed by atoms with Crippen LogP contribution in [0.4, 0.5) is 5.13 Å². The molecule has 5 nitrogen and oxygen atoms in total. The standard InChI is InChI=1S/C34H40Cl2N4OS/c1-39(19-15-26-7-3-2-4-8-26)34-38-33(25-42-34)28-10-12-30(13-11-28)41-22-6-5-18-37-29-16-20-40(21-17-29)24-27-9-14-31(35)32(36)23-27/h2-4,7-14,23,25,29,37H,5-6,15-22,24H2,1H3. The number of nitrogens with one attached hydrogen (secondary N) is 1. The number of rotatable bonds is 14. The molecule has 0 aliphatic carbocycles. The molecule has 222 valence electrons. The molecular formula is C34H40Cl2N4OS. The highest BCUT2D eigenvalue weighted by atomic mass is 35.5. The zero-order valence-electron chi connectivity index (χ0n) is 24.3. The van der Waals surface area contributed by atoms with Crippen LogP contribution in [0.1, 0.15) is 36.8 Å². The van der Waals surface area contributed by atoms with Crippen LogP contribution in [0.15, 0.2) is 78.2 Å². The second kappa shape index (κ2) is 15.7. The summed E-state index contributed by atoms with van der Waals surface area (Å²) >= 11 is 13.9. The number of aromatic nitrogens is 1. The average Bonchev–Trinajstić information content (AvgIpc) is 3.52. The Hall–Kier alpha value is -2.61. The van der Waals surface area contributed by atoms with E-state index in [2.05, 4.69) is 88.2 Å². The van der Waals surface area contributed by atoms with Crippen molar-refractivity contribution in [3.05, 3.63) is 99.3 Å². The van der Waals surface area contributed by atoms with Gasteiger partial charge in [-0.05, 0) is 99.3 Å². The van der Waals surface area contributed by atoms with Crippen molar-refractivity contribution in [2.75, 3.05) is 44.7 Å². The minimum Gasteiger partial charge on any atom is -0.494 e. The molecule has 4 aromatic rings. The molecule has 0 unspecified atom stereocenters. The molecule has 0 radical (unpaired) electrons. The number of nitrogens with zero attached hydrogens (tertiary/aromatic N) is 3. The molecule has 0 spiro atoms. The number of halogens is 2. The third-order valence-electron chi connectivity index (χ3n) is 7.80. The number of likely N-dealkylation sites (N-methyl/N-ethyl adjacent to an activating group) is 1. The molecule has 1 N–H and O–H groups in total. The highest BCUT2D eigenvalue weighted by molar-refractivity contribution is 7.14. The molecule has 5 rings (SSSR count). The van der Waals surface area contributed by atoms with E-state index in [1.807, 2.05) is 12.1 Å². The molecule has 0 atom stereocenters. The quantitative estimate of drug-likeness (QED) is 0.143. The van der Waals surface area contributed by atoms with E-state index in [1.54, 1.807) is 11.3 Å². The number of piperidine rings is 1. The number of ether oxygens (including phenoxy) is 1. The lowest BCUT2D eigenvalue weighted by Gasteiger charge is -2.32. The predicted molar refractivity (Wildman–Crippen MR) is 178 cm³/mol. The molecule has 0 saturated carbocycles. The number of hydrogen-bond donors (Lipinski definition) is 1. The van der Waals surface area contributed by atoms with Crippen LogP contribution in [-0.2, 0) is 13.0 Å². The lowest BCUT2D eigenvalue weighted by molar-refractivity contribution is 0.190. The largest absolute Gasteiger partial charge is 0.494 e. The molecule has 1 aliphatic rings. The van der Waals surface area contributed by atoms with Crippen LogP contribution in [0, 0.1) is 0 Å². The average molecular weight is 624 g/mol. The van der Waals surface area contributed by atoms with Crippen molar-refractivity contribution in [2.24, 2.45) is 0 Å². The SMILES string of the molecule is CN(CCc1ccccc1)c1nc(-c2ccc(OCCCCNC3CCN(Cc4ccc(Cl)c(Cl)c4)CC3)cc2)cs1. The first kappa shape index (κ1) is 30.8. The van der Waals surface area contributed by atoms with Crippen molar-refractivity contribution in [2.45, 2.75) is 44.7 Å². The molecule has 0 bridgehead atoms. The Morgan fingerprint density at radius 1 is 0.952 bits per heavy atom. The first-order chi connectivity index (χ1) is 20.5. The lowest BCUT2D eigenvalue weighted by atomic mass is 10.0. The second-order valence-corrected chi connectivity index (χ2v) is 12.7. The Balaban J connectivity index is 0.947. The van der Waals surface area contributed by atoms with Gasteiger partial charge in [0.2, 0.25) is 0 Å². The molecule has 2 heterocycles. The van der Waals surface area contributed by atoms with Gasteiger partial charge in [0, 0.05) is 37.1 Å². The van der Waals surface area contributed by atoms with Gasteiger partial charge in [-0.1, -0.05) is 59.6 Å². The van der Waals surface area contributed by atoms with Crippen LogP contribution in [0.5, 0.6) is 5.75 Å². The fourth-order valence-corrected chi connectivity index (χ4v) is 6.39. The number of benzene rings is 3. The van der Waals surface area contributed by atoms with Crippen molar-refractivity contribution in [3.8, 4) is 17.0 Å². The van der Waals surface area contributed by atoms with Gasteiger partial charge in [-0.25, -0.2) is 4.98 Å². The number of thiazole rings is 1. The molecule has 42 heavy (non-hydrogen) atoms. The third kappa shape index (κ3) is 9.19. The van der Waals surface area contributed by atoms with E-state index in [1.165, 1.54) is 24.0 Å². The van der Waals surface area contributed by atoms with Crippen LogP contribution in [0.25, 0.3) is 11.3 Å². The van der Waals surface area contributed by atoms with Crippen LogP contribution in [-0.4, -0.2) is 55.8 Å². The van der Waals surface area contributed by atoms with Gasteiger partial charge in [-0.3, -0.25) is 4.90 Å². The Bertz CT molecular complexity index is 1370. The molecule has 1 fully saturated rings. The summed E-state index contributed by atoms with van der Waals surface area (Å²) in [4.78, 5) is 9.60. The summed E-state index contributed by atoms with van der Waals surface area (Å²) in [7, 11) is 2.11. The van der Waals surface area contributed by atoms with Gasteiger partial charge >= 0.3 is 0 Å². The van der Waals surface area contributed by atoms with Gasteiger partial charge in [-0.15, -0.1) is 11.3 Å². The van der Waals surface area contributed by atoms with Crippen LogP contribution < -0.4 is 15.0 Å². The van der Waals surface area contributed by atoms with Gasteiger partial charge in [0.15, 0.2) is 5.13 Å². The molecule has 8 heteroatoms. The molecule has 0 amide bonds. The Morgan fingerprint density at radius 3 is 2.50 bits per heavy atom. The van der Waals surface area contributed by atoms with Crippen LogP contribution in [0.2, 0.25) is 10.0 Å². The third-order valence-corrected chi connectivity index (χ3v) is 9.49. The fourth-order valence-electron chi connectivity index (χ4n) is 5.25. The highest BCUT2D eigenvalue weighted by Crippen LogP contribution is 2.28. The normalized spacial score (nSPS) is 14.3. The summed E-state index contributed by atoms with van der Waals surface area (Å²) in [6.45, 7) is 5.84. The van der Waals surface area contributed by atoms with Gasteiger partial charge in [-0.2, -0.15) is 0 Å². The fraction of sp³-hybridized carbons (Fsp3) is 0.382. The van der Waals surface area contributed by atoms with E-state index in [-0.39, 0.29) is 0 Å². The van der Waals surface area contributed by atoms with E-state index in [9.17, 15) is 0 Å². The van der Waals surface area contributed by atoms with E-state index >= 15 is 0 Å². The van der Waals surface area contributed by atoms with E-state index in [0.29, 0.717) is 16.1 Å². The number of likely N-dealkylation sites (tertiary alicyclic amines) is 1. The minimum atomic E-state index is 0.596. The Labute approximate surface area is 264 Å². The first-order valence-corrected chi connectivity index (χ1v) is 16.5. The summed E-state index contributed by atoms with van der Waals surface area (Å²) < 4.78 is 6.01. The van der Waals surface area contributed by atoms with Gasteiger partial charge < -0.3 is 15.0 Å². The monoisotopic (exact) mass is 622 g/mol. The Kier molecular flexibility index (Phi) is 11.6. The zero-order valence-corrected chi connectivity index (χ0v) is 26.6.